The molecule has 0 aromatic heterocycles. The highest BCUT2D eigenvalue weighted by Crippen LogP contribution is 2.76. The fourth-order valence-corrected chi connectivity index (χ4v) is 12.9. The largest absolute Gasteiger partial charge is 0.396 e. The Kier molecular flexibility index (Phi) is 12.2. The lowest BCUT2D eigenvalue weighted by Gasteiger charge is -2.71. The first-order valence-corrected chi connectivity index (χ1v) is 20.4. The second-order valence-corrected chi connectivity index (χ2v) is 19.6. The van der Waals surface area contributed by atoms with Crippen LogP contribution in [0, 0.1) is 45.3 Å². The molecule has 19 atom stereocenters. The van der Waals surface area contributed by atoms with Crippen molar-refractivity contribution in [2.45, 2.75) is 179 Å². The summed E-state index contributed by atoms with van der Waals surface area (Å²) in [6.45, 7) is 14.4. The zero-order valence-electron chi connectivity index (χ0n) is 33.4. The van der Waals surface area contributed by atoms with Gasteiger partial charge in [0.05, 0.1) is 31.0 Å². The fourth-order valence-electron chi connectivity index (χ4n) is 12.9. The van der Waals surface area contributed by atoms with Gasteiger partial charge in [0.25, 0.3) is 0 Å². The van der Waals surface area contributed by atoms with E-state index in [2.05, 4.69) is 33.8 Å². The first kappa shape index (κ1) is 42.8. The molecule has 0 aromatic rings. The van der Waals surface area contributed by atoms with Gasteiger partial charge in [-0.25, -0.2) is 0 Å². The van der Waals surface area contributed by atoms with Crippen LogP contribution in [0.15, 0.2) is 11.6 Å². The summed E-state index contributed by atoms with van der Waals surface area (Å²) in [5, 5.41) is 98.3. The van der Waals surface area contributed by atoms with Crippen molar-refractivity contribution in [2.24, 2.45) is 45.3 Å². The molecule has 0 spiro atoms. The molecule has 4 aliphatic carbocycles. The summed E-state index contributed by atoms with van der Waals surface area (Å²) in [6, 6.07) is 0. The Hall–Kier alpha value is -0.780. The molecule has 13 heteroatoms. The Morgan fingerprint density at radius 1 is 0.778 bits per heavy atom. The van der Waals surface area contributed by atoms with E-state index in [9.17, 15) is 46.0 Å². The minimum Gasteiger partial charge on any atom is -0.396 e. The van der Waals surface area contributed by atoms with E-state index in [4.69, 9.17) is 18.9 Å². The van der Waals surface area contributed by atoms with Gasteiger partial charge in [-0.3, -0.25) is 0 Å². The van der Waals surface area contributed by atoms with E-state index >= 15 is 0 Å². The zero-order valence-corrected chi connectivity index (χ0v) is 33.4. The van der Waals surface area contributed by atoms with Gasteiger partial charge in [0.2, 0.25) is 0 Å². The number of rotatable bonds is 10. The highest BCUT2D eigenvalue weighted by Gasteiger charge is 2.72. The third-order valence-electron chi connectivity index (χ3n) is 16.3. The summed E-state index contributed by atoms with van der Waals surface area (Å²) in [4.78, 5) is 0. The van der Waals surface area contributed by atoms with E-state index in [0.29, 0.717) is 25.7 Å². The van der Waals surface area contributed by atoms with Crippen LogP contribution < -0.4 is 0 Å². The Morgan fingerprint density at radius 3 is 2.11 bits per heavy atom. The summed E-state index contributed by atoms with van der Waals surface area (Å²) in [5.41, 5.74) is -1.09. The van der Waals surface area contributed by atoms with Gasteiger partial charge >= 0.3 is 0 Å². The number of hydrogen-bond donors (Lipinski definition) is 9. The average molecular weight is 771 g/mol. The van der Waals surface area contributed by atoms with Gasteiger partial charge in [0, 0.05) is 12.0 Å². The maximum absolute atomic E-state index is 12.4. The summed E-state index contributed by atoms with van der Waals surface area (Å²) in [7, 11) is 0. The van der Waals surface area contributed by atoms with Crippen molar-refractivity contribution in [2.75, 3.05) is 19.8 Å². The lowest BCUT2D eigenvalue weighted by Crippen LogP contribution is -2.68. The van der Waals surface area contributed by atoms with Crippen LogP contribution in [0.25, 0.3) is 0 Å². The van der Waals surface area contributed by atoms with E-state index in [1.807, 2.05) is 20.8 Å². The molecular formula is C41H70O13. The highest BCUT2D eigenvalue weighted by molar-refractivity contribution is 5.21. The summed E-state index contributed by atoms with van der Waals surface area (Å²) >= 11 is 0. The molecule has 54 heavy (non-hydrogen) atoms. The first-order chi connectivity index (χ1) is 25.2. The Bertz CT molecular complexity index is 1340. The molecule has 19 unspecified atom stereocenters. The predicted octanol–water partition coefficient (Wildman–Crippen LogP) is 1.76. The van der Waals surface area contributed by atoms with E-state index in [0.717, 1.165) is 37.7 Å². The van der Waals surface area contributed by atoms with E-state index in [1.54, 1.807) is 0 Å². The van der Waals surface area contributed by atoms with Crippen molar-refractivity contribution >= 4 is 0 Å². The van der Waals surface area contributed by atoms with Gasteiger partial charge in [0.15, 0.2) is 12.6 Å². The molecule has 2 saturated heterocycles. The van der Waals surface area contributed by atoms with Crippen LogP contribution >= 0.6 is 0 Å². The summed E-state index contributed by atoms with van der Waals surface area (Å²) in [6.07, 6.45) is -5.59. The second kappa shape index (κ2) is 15.4. The number of aliphatic hydroxyl groups excluding tert-OH is 9. The molecule has 13 nitrogen and oxygen atoms in total. The van der Waals surface area contributed by atoms with E-state index in [1.165, 1.54) is 0 Å². The zero-order chi connectivity index (χ0) is 39.8. The van der Waals surface area contributed by atoms with Crippen LogP contribution in [0.4, 0.5) is 0 Å². The lowest BCUT2D eigenvalue weighted by atomic mass is 9.34. The standard InChI is InChI=1S/C41H70O13/c1-21(2)9-8-13-40(7,54-36-34(50)32(48)31(47)25(53-36)19-52-35-33(49)30(46)24(44)18-51-35)22-10-14-39(6)29(22)23(43)17-27-38(39,5)15-11-26-37(3,4)28(45)12-16-41(26,27)20-42/h9,22-36,42-50H,8,10-20H2,1-7H3. The summed E-state index contributed by atoms with van der Waals surface area (Å²) < 4.78 is 24.0. The molecule has 0 aromatic carbocycles. The molecule has 9 N–H and O–H groups in total. The fraction of sp³-hybridized carbons (Fsp3) is 0.951. The molecule has 0 amide bonds. The van der Waals surface area contributed by atoms with E-state index < -0.39 is 78.5 Å². The van der Waals surface area contributed by atoms with Crippen molar-refractivity contribution in [1.82, 2.24) is 0 Å². The molecule has 312 valence electrons. The topological polar surface area (TPSA) is 219 Å². The lowest BCUT2D eigenvalue weighted by molar-refractivity contribution is -0.345. The number of fused-ring (bicyclic) bond motifs is 5. The SMILES string of the molecule is CC(C)=CCCC(C)(OC1OC(COC2OCC(O)C(O)C2O)C(O)C(O)C1O)C1CCC2(C)C1C(O)CC1C3(CO)CCC(O)C(C)(C)C3CCC12C. The second-order valence-electron chi connectivity index (χ2n) is 19.6. The number of allylic oxidation sites excluding steroid dienone is 2. The number of hydrogen-bond acceptors (Lipinski definition) is 13. The van der Waals surface area contributed by atoms with Gasteiger partial charge in [-0.15, -0.1) is 0 Å². The molecule has 4 saturated carbocycles. The van der Waals surface area contributed by atoms with Crippen molar-refractivity contribution in [3.8, 4) is 0 Å². The van der Waals surface area contributed by atoms with Crippen LogP contribution in [0.5, 0.6) is 0 Å². The molecule has 6 rings (SSSR count). The van der Waals surface area contributed by atoms with Crippen molar-refractivity contribution in [3.05, 3.63) is 11.6 Å². The molecule has 0 bridgehead atoms. The third-order valence-corrected chi connectivity index (χ3v) is 16.3. The highest BCUT2D eigenvalue weighted by atomic mass is 16.7. The molecular weight excluding hydrogens is 700 g/mol. The first-order valence-electron chi connectivity index (χ1n) is 20.4. The van der Waals surface area contributed by atoms with Crippen LogP contribution in [-0.2, 0) is 18.9 Å². The quantitative estimate of drug-likeness (QED) is 0.145. The molecule has 2 heterocycles. The maximum atomic E-state index is 12.4. The minimum atomic E-state index is -1.65. The maximum Gasteiger partial charge on any atom is 0.187 e. The van der Waals surface area contributed by atoms with Crippen LogP contribution in [0.1, 0.15) is 106 Å². The Labute approximate surface area is 320 Å². The number of ether oxygens (including phenoxy) is 4. The normalized spacial score (nSPS) is 51.4. The average Bonchev–Trinajstić information content (AvgIpc) is 3.50. The monoisotopic (exact) mass is 770 g/mol. The molecule has 6 fully saturated rings. The van der Waals surface area contributed by atoms with Gasteiger partial charge in [-0.05, 0) is 118 Å². The van der Waals surface area contributed by atoms with Crippen LogP contribution in [-0.4, -0.2) is 139 Å². The molecule has 0 radical (unpaired) electrons. The van der Waals surface area contributed by atoms with Gasteiger partial charge in [0.1, 0.15) is 42.7 Å². The Morgan fingerprint density at radius 2 is 1.44 bits per heavy atom. The Balaban J connectivity index is 1.27. The van der Waals surface area contributed by atoms with Crippen LogP contribution in [0.2, 0.25) is 0 Å². The van der Waals surface area contributed by atoms with Gasteiger partial charge in [-0.2, -0.15) is 0 Å². The number of aliphatic hydroxyl groups is 9. The van der Waals surface area contributed by atoms with Gasteiger partial charge < -0.3 is 64.9 Å². The van der Waals surface area contributed by atoms with Crippen molar-refractivity contribution < 1.29 is 64.9 Å². The molecule has 2 aliphatic heterocycles. The van der Waals surface area contributed by atoms with Crippen molar-refractivity contribution in [1.29, 1.82) is 0 Å². The minimum absolute atomic E-state index is 0.0266. The summed E-state index contributed by atoms with van der Waals surface area (Å²) in [5.74, 6) is -0.147. The predicted molar refractivity (Wildman–Crippen MR) is 196 cm³/mol. The van der Waals surface area contributed by atoms with Crippen molar-refractivity contribution in [3.63, 3.8) is 0 Å². The van der Waals surface area contributed by atoms with Gasteiger partial charge in [-0.1, -0.05) is 39.3 Å². The van der Waals surface area contributed by atoms with Crippen LogP contribution in [0.3, 0.4) is 0 Å². The third kappa shape index (κ3) is 6.86. The smallest absolute Gasteiger partial charge is 0.187 e. The van der Waals surface area contributed by atoms with E-state index in [-0.39, 0.29) is 59.7 Å². The molecule has 6 aliphatic rings.